The van der Waals surface area contributed by atoms with Crippen LogP contribution >= 0.6 is 0 Å². The molecule has 0 spiro atoms. The number of amides is 3. The molecule has 3 amide bonds. The van der Waals surface area contributed by atoms with Crippen LogP contribution in [0.1, 0.15) is 42.3 Å². The molecule has 2 heterocycles. The fourth-order valence-corrected chi connectivity index (χ4v) is 4.40. The molecule has 0 saturated carbocycles. The van der Waals surface area contributed by atoms with Crippen molar-refractivity contribution in [3.63, 3.8) is 0 Å². The number of urea groups is 1. The summed E-state index contributed by atoms with van der Waals surface area (Å²) in [5.74, 6) is 0.141. The van der Waals surface area contributed by atoms with Gasteiger partial charge in [-0.1, -0.05) is 12.1 Å². The molecule has 222 valence electrons. The summed E-state index contributed by atoms with van der Waals surface area (Å²) in [6, 6.07) is 15.5. The van der Waals surface area contributed by atoms with Crippen molar-refractivity contribution in [3.8, 4) is 23.3 Å². The van der Waals surface area contributed by atoms with Crippen molar-refractivity contribution >= 4 is 34.8 Å². The van der Waals surface area contributed by atoms with E-state index in [2.05, 4.69) is 21.8 Å². The summed E-state index contributed by atoms with van der Waals surface area (Å²) < 4.78 is 18.5. The minimum Gasteiger partial charge on any atom is -0.474 e. The first-order chi connectivity index (χ1) is 20.5. The normalized spacial score (nSPS) is 10.9. The second-order valence-electron chi connectivity index (χ2n) is 10.0. The van der Waals surface area contributed by atoms with Gasteiger partial charge >= 0.3 is 12.0 Å². The van der Waals surface area contributed by atoms with Crippen LogP contribution in [0.3, 0.4) is 0 Å². The number of benzene rings is 2. The van der Waals surface area contributed by atoms with Gasteiger partial charge in [-0.05, 0) is 69.7 Å². The Morgan fingerprint density at radius 2 is 1.77 bits per heavy atom. The van der Waals surface area contributed by atoms with Gasteiger partial charge in [0.15, 0.2) is 17.1 Å². The Labute approximate surface area is 248 Å². The lowest BCUT2D eigenvalue weighted by Crippen LogP contribution is -2.52. The van der Waals surface area contributed by atoms with E-state index in [-0.39, 0.29) is 0 Å². The van der Waals surface area contributed by atoms with Crippen molar-refractivity contribution < 1.29 is 28.6 Å². The van der Waals surface area contributed by atoms with Crippen molar-refractivity contribution in [1.82, 2.24) is 19.8 Å². The Morgan fingerprint density at radius 3 is 2.40 bits per heavy atom. The maximum absolute atomic E-state index is 13.0. The Hall–Kier alpha value is -5.57. The number of hydrogen-bond donors (Lipinski definition) is 2. The molecule has 43 heavy (non-hydrogen) atoms. The van der Waals surface area contributed by atoms with Gasteiger partial charge in [-0.25, -0.2) is 14.1 Å². The van der Waals surface area contributed by atoms with Gasteiger partial charge in [0.2, 0.25) is 0 Å². The van der Waals surface area contributed by atoms with Crippen LogP contribution in [0, 0.1) is 18.3 Å². The summed E-state index contributed by atoms with van der Waals surface area (Å²) in [6.07, 6.45) is 2.98. The Balaban J connectivity index is 1.55. The molecular weight excluding hydrogens is 552 g/mol. The number of aryl methyl sites for hydroxylation is 1. The van der Waals surface area contributed by atoms with Crippen molar-refractivity contribution in [2.45, 2.75) is 33.3 Å². The van der Waals surface area contributed by atoms with Gasteiger partial charge < -0.3 is 24.8 Å². The minimum atomic E-state index is -1.37. The standard InChI is InChI=1S/C31H32N6O6/c1-7-33-30(40)36(5)29(39)31(3,4)43-25-11-9-8-10-24(25)42-22-14-12-21(13-15-22)35-26-20(16-32)17-34-37-18-23(28(38)41-6)19(2)27(26)37/h8-15,17-18,35H,7H2,1-6H3,(H,33,40). The number of nitriles is 1. The molecule has 12 nitrogen and oxygen atoms in total. The Bertz CT molecular complexity index is 1720. The molecule has 0 atom stereocenters. The predicted octanol–water partition coefficient (Wildman–Crippen LogP) is 5.18. The van der Waals surface area contributed by atoms with E-state index >= 15 is 0 Å². The first kappa shape index (κ1) is 30.4. The third-order valence-corrected chi connectivity index (χ3v) is 6.60. The van der Waals surface area contributed by atoms with Gasteiger partial charge in [0.05, 0.1) is 35.6 Å². The van der Waals surface area contributed by atoms with Crippen LogP contribution in [0.5, 0.6) is 17.2 Å². The number of anilines is 2. The molecule has 4 aromatic rings. The Morgan fingerprint density at radius 1 is 1.09 bits per heavy atom. The largest absolute Gasteiger partial charge is 0.474 e. The van der Waals surface area contributed by atoms with Crippen LogP contribution in [0.15, 0.2) is 60.9 Å². The first-order valence-electron chi connectivity index (χ1n) is 13.4. The highest BCUT2D eigenvalue weighted by atomic mass is 16.5. The monoisotopic (exact) mass is 584 g/mol. The van der Waals surface area contributed by atoms with Gasteiger partial charge in [0.1, 0.15) is 11.8 Å². The summed E-state index contributed by atoms with van der Waals surface area (Å²) in [6.45, 7) is 7.07. The quantitative estimate of drug-likeness (QED) is 0.254. The van der Waals surface area contributed by atoms with Gasteiger partial charge in [-0.15, -0.1) is 0 Å². The fourth-order valence-electron chi connectivity index (χ4n) is 4.40. The van der Waals surface area contributed by atoms with E-state index in [1.165, 1.54) is 24.9 Å². The lowest BCUT2D eigenvalue weighted by atomic mass is 10.1. The predicted molar refractivity (Wildman–Crippen MR) is 159 cm³/mol. The fraction of sp³-hybridized carbons (Fsp3) is 0.258. The first-order valence-corrected chi connectivity index (χ1v) is 13.4. The molecule has 2 aromatic heterocycles. The lowest BCUT2D eigenvalue weighted by molar-refractivity contribution is -0.141. The van der Waals surface area contributed by atoms with Crippen molar-refractivity contribution in [2.24, 2.45) is 0 Å². The summed E-state index contributed by atoms with van der Waals surface area (Å²) in [4.78, 5) is 38.4. The molecule has 4 rings (SSSR count). The Kier molecular flexibility index (Phi) is 8.85. The van der Waals surface area contributed by atoms with Crippen LogP contribution in [0.4, 0.5) is 16.2 Å². The maximum atomic E-state index is 13.0. The zero-order valence-corrected chi connectivity index (χ0v) is 24.7. The number of carbonyl (C=O) groups is 3. The number of ether oxygens (including phenoxy) is 3. The molecule has 0 saturated heterocycles. The molecule has 2 N–H and O–H groups in total. The molecule has 2 aromatic carbocycles. The number of fused-ring (bicyclic) bond motifs is 1. The highest BCUT2D eigenvalue weighted by Gasteiger charge is 2.36. The number of likely N-dealkylation sites (N-methyl/N-ethyl adjacent to an activating group) is 1. The number of para-hydroxylation sites is 2. The third-order valence-electron chi connectivity index (χ3n) is 6.60. The summed E-state index contributed by atoms with van der Waals surface area (Å²) in [5.41, 5.74) is 1.61. The van der Waals surface area contributed by atoms with E-state index in [1.807, 2.05) is 0 Å². The van der Waals surface area contributed by atoms with Gasteiger partial charge in [-0.2, -0.15) is 10.4 Å². The van der Waals surface area contributed by atoms with Gasteiger partial charge in [-0.3, -0.25) is 9.69 Å². The molecule has 0 aliphatic heterocycles. The second kappa shape index (κ2) is 12.5. The molecule has 12 heteroatoms. The van der Waals surface area contributed by atoms with Crippen LogP contribution in [0.25, 0.3) is 5.52 Å². The number of aromatic nitrogens is 2. The zero-order valence-electron chi connectivity index (χ0n) is 24.7. The van der Waals surface area contributed by atoms with Crippen molar-refractivity contribution in [3.05, 3.63) is 77.6 Å². The minimum absolute atomic E-state index is 0.298. The number of imide groups is 1. The van der Waals surface area contributed by atoms with E-state index in [1.54, 1.807) is 82.4 Å². The van der Waals surface area contributed by atoms with Crippen molar-refractivity contribution in [2.75, 3.05) is 26.0 Å². The topological polar surface area (TPSA) is 147 Å². The van der Waals surface area contributed by atoms with E-state index in [0.717, 1.165) is 4.90 Å². The van der Waals surface area contributed by atoms with Crippen molar-refractivity contribution in [1.29, 1.82) is 5.26 Å². The molecule has 0 unspecified atom stereocenters. The molecule has 0 aliphatic rings. The number of hydrogen-bond acceptors (Lipinski definition) is 9. The second-order valence-corrected chi connectivity index (χ2v) is 10.0. The van der Waals surface area contributed by atoms with Crippen LogP contribution in [-0.4, -0.2) is 58.7 Å². The number of rotatable bonds is 9. The third kappa shape index (κ3) is 6.36. The van der Waals surface area contributed by atoms with Gasteiger partial charge in [0.25, 0.3) is 5.91 Å². The average molecular weight is 585 g/mol. The smallest absolute Gasteiger partial charge is 0.339 e. The average Bonchev–Trinajstić information content (AvgIpc) is 3.34. The highest BCUT2D eigenvalue weighted by molar-refractivity contribution is 5.98. The summed E-state index contributed by atoms with van der Waals surface area (Å²) in [7, 11) is 2.70. The number of esters is 1. The molecule has 0 fully saturated rings. The van der Waals surface area contributed by atoms with Gasteiger partial charge in [0, 0.05) is 25.5 Å². The van der Waals surface area contributed by atoms with E-state index in [9.17, 15) is 19.6 Å². The molecule has 0 aliphatic carbocycles. The molecular formula is C31H32N6O6. The number of carbonyl (C=O) groups excluding carboxylic acids is 3. The van der Waals surface area contributed by atoms with Crippen LogP contribution < -0.4 is 20.1 Å². The number of methoxy groups -OCH3 is 1. The molecule has 0 radical (unpaired) electrons. The zero-order chi connectivity index (χ0) is 31.3. The molecule has 0 bridgehead atoms. The lowest BCUT2D eigenvalue weighted by Gasteiger charge is -2.29. The summed E-state index contributed by atoms with van der Waals surface area (Å²) in [5, 5.41) is 19.8. The highest BCUT2D eigenvalue weighted by Crippen LogP contribution is 2.35. The number of nitrogens with zero attached hydrogens (tertiary/aromatic N) is 4. The van der Waals surface area contributed by atoms with E-state index in [0.29, 0.717) is 57.4 Å². The summed E-state index contributed by atoms with van der Waals surface area (Å²) >= 11 is 0. The van der Waals surface area contributed by atoms with Crippen LogP contribution in [0.2, 0.25) is 0 Å². The maximum Gasteiger partial charge on any atom is 0.339 e. The van der Waals surface area contributed by atoms with E-state index in [4.69, 9.17) is 14.2 Å². The van der Waals surface area contributed by atoms with E-state index < -0.39 is 23.5 Å². The van der Waals surface area contributed by atoms with Crippen LogP contribution in [-0.2, 0) is 9.53 Å². The SMILES string of the molecule is CCNC(=O)N(C)C(=O)C(C)(C)Oc1ccccc1Oc1ccc(Nc2c(C#N)cnn3cc(C(=O)OC)c(C)c23)cc1. The number of nitrogens with one attached hydrogen (secondary N) is 2.